The second-order valence-electron chi connectivity index (χ2n) is 9.98. The number of allylic oxidation sites excluding steroid dienone is 4. The van der Waals surface area contributed by atoms with Gasteiger partial charge in [-0.15, -0.1) is 0 Å². The first-order chi connectivity index (χ1) is 16.0. The zero-order valence-corrected chi connectivity index (χ0v) is 20.4. The third kappa shape index (κ3) is 4.91. The summed E-state index contributed by atoms with van der Waals surface area (Å²) in [6.45, 7) is 7.46. The molecule has 2 aliphatic carbocycles. The molecule has 2 aliphatic heterocycles. The van der Waals surface area contributed by atoms with Crippen molar-refractivity contribution in [3.05, 3.63) is 46.2 Å². The van der Waals surface area contributed by atoms with Crippen molar-refractivity contribution in [2.75, 3.05) is 19.6 Å². The van der Waals surface area contributed by atoms with Gasteiger partial charge < -0.3 is 16.0 Å². The molecule has 176 valence electrons. The number of aromatic nitrogens is 2. The lowest BCUT2D eigenvalue weighted by molar-refractivity contribution is 0.191. The van der Waals surface area contributed by atoms with Crippen LogP contribution in [0.15, 0.2) is 39.6 Å². The molecule has 1 fully saturated rings. The van der Waals surface area contributed by atoms with Gasteiger partial charge in [0, 0.05) is 38.0 Å². The summed E-state index contributed by atoms with van der Waals surface area (Å²) in [5, 5.41) is 4.03. The Morgan fingerprint density at radius 1 is 1.27 bits per heavy atom. The Morgan fingerprint density at radius 2 is 2.09 bits per heavy atom. The second kappa shape index (κ2) is 9.65. The monoisotopic (exact) mass is 467 g/mol. The van der Waals surface area contributed by atoms with Crippen LogP contribution in [0.5, 0.6) is 0 Å². The van der Waals surface area contributed by atoms with Crippen LogP contribution in [-0.4, -0.2) is 58.3 Å². The van der Waals surface area contributed by atoms with Crippen molar-refractivity contribution in [2.24, 2.45) is 21.6 Å². The number of hydrogen-bond donors (Lipinski definition) is 2. The molecule has 0 bridgehead atoms. The summed E-state index contributed by atoms with van der Waals surface area (Å²) in [6, 6.07) is 0.548. The predicted molar refractivity (Wildman–Crippen MR) is 134 cm³/mol. The van der Waals surface area contributed by atoms with Crippen LogP contribution >= 0.6 is 11.6 Å². The molecule has 7 nitrogen and oxygen atoms in total. The van der Waals surface area contributed by atoms with Crippen molar-refractivity contribution in [2.45, 2.75) is 70.4 Å². The van der Waals surface area contributed by atoms with Gasteiger partial charge in [0.2, 0.25) is 5.96 Å². The minimum absolute atomic E-state index is 0.218. The van der Waals surface area contributed by atoms with Crippen molar-refractivity contribution in [3.63, 3.8) is 0 Å². The molecule has 0 spiro atoms. The van der Waals surface area contributed by atoms with E-state index in [0.717, 1.165) is 86.9 Å². The summed E-state index contributed by atoms with van der Waals surface area (Å²) < 4.78 is 0. The number of aryl methyl sites for hydroxylation is 1. The number of rotatable bonds is 5. The lowest BCUT2D eigenvalue weighted by Crippen LogP contribution is -2.45. The number of nitrogens with zero attached hydrogens (tertiary/aromatic N) is 5. The molecule has 0 aromatic carbocycles. The number of nitrogens with one attached hydrogen (secondary N) is 1. The number of halogens is 1. The number of guanidine groups is 1. The van der Waals surface area contributed by atoms with Crippen LogP contribution in [0.3, 0.4) is 0 Å². The van der Waals surface area contributed by atoms with Gasteiger partial charge in [-0.3, -0.25) is 4.98 Å². The smallest absolute Gasteiger partial charge is 0.223 e. The summed E-state index contributed by atoms with van der Waals surface area (Å²) >= 11 is 6.10. The van der Waals surface area contributed by atoms with Gasteiger partial charge in [-0.2, -0.15) is 0 Å². The average Bonchev–Trinajstić information content (AvgIpc) is 3.22. The van der Waals surface area contributed by atoms with Gasteiger partial charge in [-0.1, -0.05) is 37.6 Å². The maximum atomic E-state index is 6.27. The van der Waals surface area contributed by atoms with E-state index >= 15 is 0 Å². The largest absolute Gasteiger partial charge is 0.326 e. The van der Waals surface area contributed by atoms with Crippen LogP contribution < -0.4 is 11.1 Å². The average molecular weight is 468 g/mol. The Balaban J connectivity index is 1.29. The summed E-state index contributed by atoms with van der Waals surface area (Å²) in [7, 11) is 0. The van der Waals surface area contributed by atoms with Crippen LogP contribution in [0.25, 0.3) is 0 Å². The normalized spacial score (nSPS) is 25.8. The van der Waals surface area contributed by atoms with Gasteiger partial charge in [-0.05, 0) is 43.6 Å². The van der Waals surface area contributed by atoms with E-state index in [9.17, 15) is 0 Å². The lowest BCUT2D eigenvalue weighted by atomic mass is 9.80. The van der Waals surface area contributed by atoms with E-state index in [1.165, 1.54) is 5.57 Å². The fourth-order valence-electron chi connectivity index (χ4n) is 5.23. The third-order valence-corrected chi connectivity index (χ3v) is 7.49. The maximum Gasteiger partial charge on any atom is 0.223 e. The van der Waals surface area contributed by atoms with Crippen molar-refractivity contribution in [1.29, 1.82) is 0 Å². The molecule has 0 saturated carbocycles. The van der Waals surface area contributed by atoms with Gasteiger partial charge in [0.1, 0.15) is 5.15 Å². The topological polar surface area (TPSA) is 91.8 Å². The molecule has 3 heterocycles. The van der Waals surface area contributed by atoms with Crippen LogP contribution in [0.2, 0.25) is 5.15 Å². The number of fused-ring (bicyclic) bond motifs is 2. The predicted octanol–water partition coefficient (Wildman–Crippen LogP) is 3.61. The quantitative estimate of drug-likeness (QED) is 0.690. The van der Waals surface area contributed by atoms with Crippen LogP contribution in [0.1, 0.15) is 63.3 Å². The molecule has 4 aliphatic rings. The van der Waals surface area contributed by atoms with E-state index < -0.39 is 0 Å². The van der Waals surface area contributed by atoms with Crippen LogP contribution in [-0.2, 0) is 6.42 Å². The van der Waals surface area contributed by atoms with Gasteiger partial charge in [-0.25, -0.2) is 15.0 Å². The van der Waals surface area contributed by atoms with Crippen molar-refractivity contribution in [3.8, 4) is 0 Å². The van der Waals surface area contributed by atoms with Gasteiger partial charge >= 0.3 is 0 Å². The van der Waals surface area contributed by atoms with E-state index in [2.05, 4.69) is 46.2 Å². The molecule has 3 N–H and O–H groups in total. The Kier molecular flexibility index (Phi) is 6.63. The standard InChI is InChI=1S/C25H34ClN7/c1-15(2)19(27)14-33-11-9-16(10-12-33)29-25-31-21-8-4-6-18(24(21)32-25)17-5-3-7-20-23(17)28-13-22(26)30-20/h4,6,13,15-17,19H,3,5,7-12,14,27H2,1-2H3,(H,29,32). The molecule has 0 radical (unpaired) electrons. The van der Waals surface area contributed by atoms with Crippen molar-refractivity contribution in [1.82, 2.24) is 20.2 Å². The Morgan fingerprint density at radius 3 is 2.88 bits per heavy atom. The Labute approximate surface area is 201 Å². The molecular weight excluding hydrogens is 434 g/mol. The molecule has 0 amide bonds. The summed E-state index contributed by atoms with van der Waals surface area (Å²) in [5.41, 5.74) is 11.8. The highest BCUT2D eigenvalue weighted by atomic mass is 35.5. The third-order valence-electron chi connectivity index (χ3n) is 7.31. The van der Waals surface area contributed by atoms with Crippen molar-refractivity contribution >= 4 is 23.3 Å². The first kappa shape index (κ1) is 22.7. The minimum Gasteiger partial charge on any atom is -0.326 e. The second-order valence-corrected chi connectivity index (χ2v) is 10.4. The highest BCUT2D eigenvalue weighted by Crippen LogP contribution is 2.39. The summed E-state index contributed by atoms with van der Waals surface area (Å²) in [6.07, 6.45) is 12.1. The van der Waals surface area contributed by atoms with Gasteiger partial charge in [0.25, 0.3) is 0 Å². The first-order valence-corrected chi connectivity index (χ1v) is 12.7. The Hall–Kier alpha value is -2.09. The molecule has 8 heteroatoms. The first-order valence-electron chi connectivity index (χ1n) is 12.3. The number of hydrogen-bond acceptors (Lipinski definition) is 5. The molecule has 1 aromatic rings. The van der Waals surface area contributed by atoms with E-state index in [-0.39, 0.29) is 12.0 Å². The van der Waals surface area contributed by atoms with E-state index in [4.69, 9.17) is 27.3 Å². The molecule has 1 saturated heterocycles. The van der Waals surface area contributed by atoms with Crippen LogP contribution in [0.4, 0.5) is 0 Å². The SMILES string of the molecule is CC(C)C(N)CN1CCC(N=C2N=C3CC=CC(C4CCCc5nc(Cl)cnc54)=C3N2)CC1. The Bertz CT molecular complexity index is 1020. The zero-order chi connectivity index (χ0) is 22.9. The lowest BCUT2D eigenvalue weighted by Gasteiger charge is -2.33. The van der Waals surface area contributed by atoms with E-state index in [1.54, 1.807) is 6.20 Å². The number of likely N-dealkylation sites (tertiary alicyclic amines) is 1. The molecule has 1 aromatic heterocycles. The summed E-state index contributed by atoms with van der Waals surface area (Å²) in [5.74, 6) is 1.49. The number of nitrogens with two attached hydrogens (primary N) is 1. The van der Waals surface area contributed by atoms with E-state index in [1.807, 2.05) is 0 Å². The molecule has 33 heavy (non-hydrogen) atoms. The highest BCUT2D eigenvalue weighted by Gasteiger charge is 2.32. The fourth-order valence-corrected chi connectivity index (χ4v) is 5.38. The maximum absolute atomic E-state index is 6.27. The highest BCUT2D eigenvalue weighted by molar-refractivity contribution is 6.29. The zero-order valence-electron chi connectivity index (χ0n) is 19.6. The van der Waals surface area contributed by atoms with Crippen molar-refractivity contribution < 1.29 is 0 Å². The minimum atomic E-state index is 0.218. The number of piperidine rings is 1. The number of aliphatic imine (C=N–C) groups is 2. The van der Waals surface area contributed by atoms with Crippen LogP contribution in [0, 0.1) is 5.92 Å². The molecule has 2 atom stereocenters. The molecule has 5 rings (SSSR count). The molecule has 2 unspecified atom stereocenters. The fraction of sp³-hybridized carbons (Fsp3) is 0.600. The molecular formula is C25H34ClN7. The summed E-state index contributed by atoms with van der Waals surface area (Å²) in [4.78, 5) is 21.5. The van der Waals surface area contributed by atoms with Gasteiger partial charge in [0.05, 0.1) is 35.0 Å². The van der Waals surface area contributed by atoms with Gasteiger partial charge in [0.15, 0.2) is 0 Å². The van der Waals surface area contributed by atoms with E-state index in [0.29, 0.717) is 17.1 Å².